The number of hydrogen-bond donors (Lipinski definition) is 1. The first-order valence-electron chi connectivity index (χ1n) is 7.64. The Balaban J connectivity index is 1.74. The summed E-state index contributed by atoms with van der Waals surface area (Å²) >= 11 is 0. The molecule has 18 heavy (non-hydrogen) atoms. The maximum absolute atomic E-state index is 3.72. The molecule has 0 amide bonds. The molecule has 1 aromatic carbocycles. The van der Waals surface area contributed by atoms with Crippen LogP contribution in [-0.2, 0) is 6.42 Å². The zero-order chi connectivity index (χ0) is 12.5. The summed E-state index contributed by atoms with van der Waals surface area (Å²) in [6.07, 6.45) is 5.57. The molecule has 0 aromatic heterocycles. The molecule has 1 nitrogen and oxygen atoms in total. The van der Waals surface area contributed by atoms with Gasteiger partial charge in [0.2, 0.25) is 0 Å². The zero-order valence-corrected chi connectivity index (χ0v) is 11.7. The van der Waals surface area contributed by atoms with Crippen LogP contribution in [0.4, 0.5) is 0 Å². The van der Waals surface area contributed by atoms with Gasteiger partial charge in [0.15, 0.2) is 0 Å². The van der Waals surface area contributed by atoms with Crippen LogP contribution >= 0.6 is 0 Å². The Labute approximate surface area is 111 Å². The summed E-state index contributed by atoms with van der Waals surface area (Å²) in [5, 5.41) is 3.72. The number of aryl methyl sites for hydroxylation is 1. The normalized spacial score (nSPS) is 31.1. The molecule has 2 aliphatic carbocycles. The van der Waals surface area contributed by atoms with Crippen LogP contribution in [0.1, 0.15) is 50.3 Å². The molecule has 3 atom stereocenters. The van der Waals surface area contributed by atoms with Gasteiger partial charge in [0, 0.05) is 6.04 Å². The van der Waals surface area contributed by atoms with Gasteiger partial charge in [0.25, 0.3) is 0 Å². The minimum absolute atomic E-state index is 0.591. The molecular weight excluding hydrogens is 218 g/mol. The number of benzene rings is 1. The van der Waals surface area contributed by atoms with Crippen molar-refractivity contribution in [1.29, 1.82) is 0 Å². The van der Waals surface area contributed by atoms with Crippen molar-refractivity contribution in [3.05, 3.63) is 35.4 Å². The van der Waals surface area contributed by atoms with Gasteiger partial charge in [-0.05, 0) is 61.1 Å². The molecule has 98 valence electrons. The molecule has 0 spiro atoms. The first-order chi connectivity index (χ1) is 8.81. The van der Waals surface area contributed by atoms with Crippen LogP contribution < -0.4 is 5.32 Å². The molecule has 1 N–H and O–H groups in total. The number of hydrogen-bond acceptors (Lipinski definition) is 1. The maximum Gasteiger partial charge on any atom is 0.0348 e. The van der Waals surface area contributed by atoms with Crippen molar-refractivity contribution in [2.24, 2.45) is 17.8 Å². The lowest BCUT2D eigenvalue weighted by Crippen LogP contribution is -2.27. The molecule has 0 heterocycles. The third-order valence-corrected chi connectivity index (χ3v) is 4.92. The minimum atomic E-state index is 0.591. The van der Waals surface area contributed by atoms with Crippen molar-refractivity contribution in [2.45, 2.75) is 45.6 Å². The highest BCUT2D eigenvalue weighted by molar-refractivity contribution is 5.26. The van der Waals surface area contributed by atoms with Gasteiger partial charge in [0.05, 0.1) is 0 Å². The standard InChI is InChI=1S/C17H25N/c1-3-12-5-7-13(8-6-12)17(18-4-2)16-10-14-9-15(14)11-16/h5-8,14-18H,3-4,9-11H2,1-2H3. The third kappa shape index (κ3) is 2.33. The highest BCUT2D eigenvalue weighted by Gasteiger charge is 2.47. The van der Waals surface area contributed by atoms with Crippen LogP contribution in [0, 0.1) is 17.8 Å². The van der Waals surface area contributed by atoms with Crippen molar-refractivity contribution < 1.29 is 0 Å². The Bertz CT molecular complexity index is 385. The second-order valence-electron chi connectivity index (χ2n) is 6.12. The molecule has 0 radical (unpaired) electrons. The van der Waals surface area contributed by atoms with Gasteiger partial charge < -0.3 is 5.32 Å². The van der Waals surface area contributed by atoms with E-state index in [1.54, 1.807) is 0 Å². The summed E-state index contributed by atoms with van der Waals surface area (Å²) in [6.45, 7) is 5.52. The predicted octanol–water partition coefficient (Wildman–Crippen LogP) is 3.95. The SMILES string of the molecule is CCNC(c1ccc(CC)cc1)C1CC2CC2C1. The van der Waals surface area contributed by atoms with Gasteiger partial charge in [-0.1, -0.05) is 38.1 Å². The fourth-order valence-electron chi connectivity index (χ4n) is 3.77. The average Bonchev–Trinajstić information content (AvgIpc) is 3.03. The monoisotopic (exact) mass is 243 g/mol. The largest absolute Gasteiger partial charge is 0.310 e. The van der Waals surface area contributed by atoms with E-state index in [9.17, 15) is 0 Å². The predicted molar refractivity (Wildman–Crippen MR) is 76.6 cm³/mol. The van der Waals surface area contributed by atoms with Crippen LogP contribution in [-0.4, -0.2) is 6.54 Å². The summed E-state index contributed by atoms with van der Waals surface area (Å²) < 4.78 is 0. The van der Waals surface area contributed by atoms with Gasteiger partial charge in [-0.3, -0.25) is 0 Å². The molecule has 0 aliphatic heterocycles. The van der Waals surface area contributed by atoms with Crippen molar-refractivity contribution in [3.8, 4) is 0 Å². The molecule has 2 fully saturated rings. The lowest BCUT2D eigenvalue weighted by molar-refractivity contribution is 0.346. The Morgan fingerprint density at radius 3 is 2.28 bits per heavy atom. The molecule has 3 unspecified atom stereocenters. The van der Waals surface area contributed by atoms with Crippen molar-refractivity contribution >= 4 is 0 Å². The molecule has 3 rings (SSSR count). The molecular formula is C17H25N. The summed E-state index contributed by atoms with van der Waals surface area (Å²) in [5.74, 6) is 3.03. The van der Waals surface area contributed by atoms with E-state index < -0.39 is 0 Å². The van der Waals surface area contributed by atoms with Gasteiger partial charge >= 0.3 is 0 Å². The smallest absolute Gasteiger partial charge is 0.0348 e. The summed E-state index contributed by atoms with van der Waals surface area (Å²) in [6, 6.07) is 9.88. The third-order valence-electron chi connectivity index (χ3n) is 4.92. The van der Waals surface area contributed by atoms with Crippen LogP contribution in [0.3, 0.4) is 0 Å². The minimum Gasteiger partial charge on any atom is -0.310 e. The van der Waals surface area contributed by atoms with E-state index in [0.717, 1.165) is 30.7 Å². The van der Waals surface area contributed by atoms with E-state index in [-0.39, 0.29) is 0 Å². The second kappa shape index (κ2) is 5.05. The van der Waals surface area contributed by atoms with E-state index in [2.05, 4.69) is 43.4 Å². The Morgan fingerprint density at radius 2 is 1.72 bits per heavy atom. The van der Waals surface area contributed by atoms with Crippen LogP contribution in [0.25, 0.3) is 0 Å². The highest BCUT2D eigenvalue weighted by Crippen LogP contribution is 2.57. The fraction of sp³-hybridized carbons (Fsp3) is 0.647. The topological polar surface area (TPSA) is 12.0 Å². The lowest BCUT2D eigenvalue weighted by atomic mass is 9.88. The fourth-order valence-corrected chi connectivity index (χ4v) is 3.77. The van der Waals surface area contributed by atoms with Crippen molar-refractivity contribution in [2.75, 3.05) is 6.54 Å². The summed E-state index contributed by atoms with van der Waals surface area (Å²) in [7, 11) is 0. The molecule has 2 saturated carbocycles. The summed E-state index contributed by atoms with van der Waals surface area (Å²) in [4.78, 5) is 0. The first-order valence-corrected chi connectivity index (χ1v) is 7.64. The van der Waals surface area contributed by atoms with E-state index >= 15 is 0 Å². The molecule has 0 saturated heterocycles. The van der Waals surface area contributed by atoms with Gasteiger partial charge in [-0.2, -0.15) is 0 Å². The van der Waals surface area contributed by atoms with Crippen LogP contribution in [0.15, 0.2) is 24.3 Å². The Morgan fingerprint density at radius 1 is 1.06 bits per heavy atom. The second-order valence-corrected chi connectivity index (χ2v) is 6.12. The molecule has 1 aromatic rings. The highest BCUT2D eigenvalue weighted by atomic mass is 14.9. The van der Waals surface area contributed by atoms with Gasteiger partial charge in [-0.15, -0.1) is 0 Å². The zero-order valence-electron chi connectivity index (χ0n) is 11.7. The lowest BCUT2D eigenvalue weighted by Gasteiger charge is -2.26. The first kappa shape index (κ1) is 12.2. The number of nitrogens with one attached hydrogen (secondary N) is 1. The van der Waals surface area contributed by atoms with Crippen molar-refractivity contribution in [1.82, 2.24) is 5.32 Å². The van der Waals surface area contributed by atoms with E-state index in [1.165, 1.54) is 30.4 Å². The molecule has 2 aliphatic rings. The average molecular weight is 243 g/mol. The molecule has 0 bridgehead atoms. The van der Waals surface area contributed by atoms with E-state index in [4.69, 9.17) is 0 Å². The van der Waals surface area contributed by atoms with Crippen LogP contribution in [0.5, 0.6) is 0 Å². The number of rotatable bonds is 5. The Hall–Kier alpha value is -0.820. The van der Waals surface area contributed by atoms with Crippen molar-refractivity contribution in [3.63, 3.8) is 0 Å². The number of fused-ring (bicyclic) bond motifs is 1. The Kier molecular flexibility index (Phi) is 3.43. The van der Waals surface area contributed by atoms with Gasteiger partial charge in [0.1, 0.15) is 0 Å². The van der Waals surface area contributed by atoms with Gasteiger partial charge in [-0.25, -0.2) is 0 Å². The summed E-state index contributed by atoms with van der Waals surface area (Å²) in [5.41, 5.74) is 2.95. The van der Waals surface area contributed by atoms with E-state index in [1.807, 2.05) is 0 Å². The van der Waals surface area contributed by atoms with E-state index in [0.29, 0.717) is 6.04 Å². The molecule has 1 heteroatoms. The quantitative estimate of drug-likeness (QED) is 0.826. The maximum atomic E-state index is 3.72. The van der Waals surface area contributed by atoms with Crippen LogP contribution in [0.2, 0.25) is 0 Å².